The molecule has 7 nitrogen and oxygen atoms in total. The van der Waals surface area contributed by atoms with Crippen LogP contribution in [0.15, 0.2) is 72.8 Å². The molecule has 0 atom stereocenters. The first-order valence-electron chi connectivity index (χ1n) is 12.3. The van der Waals surface area contributed by atoms with Crippen LogP contribution in [0.4, 0.5) is 17.1 Å². The number of nitrogens with zero attached hydrogens (tertiary/aromatic N) is 1. The van der Waals surface area contributed by atoms with E-state index >= 15 is 0 Å². The number of piperidine rings is 1. The Kier molecular flexibility index (Phi) is 8.00. The molecule has 186 valence electrons. The smallest absolute Gasteiger partial charge is 0.255 e. The molecule has 3 aromatic rings. The lowest BCUT2D eigenvalue weighted by Gasteiger charge is -2.30. The van der Waals surface area contributed by atoms with Gasteiger partial charge in [0.1, 0.15) is 0 Å². The van der Waals surface area contributed by atoms with E-state index in [0.29, 0.717) is 28.4 Å². The zero-order valence-electron chi connectivity index (χ0n) is 20.7. The van der Waals surface area contributed by atoms with Gasteiger partial charge in [0, 0.05) is 41.3 Å². The van der Waals surface area contributed by atoms with Crippen molar-refractivity contribution in [3.05, 3.63) is 89.5 Å². The van der Waals surface area contributed by atoms with E-state index in [1.54, 1.807) is 54.6 Å². The number of benzene rings is 3. The molecule has 0 aliphatic carbocycles. The quantitative estimate of drug-likeness (QED) is 0.432. The van der Waals surface area contributed by atoms with Gasteiger partial charge < -0.3 is 20.9 Å². The minimum atomic E-state index is -0.219. The van der Waals surface area contributed by atoms with Gasteiger partial charge in [-0.05, 0) is 80.3 Å². The summed E-state index contributed by atoms with van der Waals surface area (Å²) < 4.78 is 0. The van der Waals surface area contributed by atoms with E-state index in [2.05, 4.69) is 22.9 Å². The van der Waals surface area contributed by atoms with Crippen LogP contribution in [0.2, 0.25) is 0 Å². The van der Waals surface area contributed by atoms with Crippen molar-refractivity contribution in [2.45, 2.75) is 26.7 Å². The number of likely N-dealkylation sites (tertiary alicyclic amines) is 1. The highest BCUT2D eigenvalue weighted by atomic mass is 16.2. The van der Waals surface area contributed by atoms with E-state index in [0.717, 1.165) is 37.2 Å². The van der Waals surface area contributed by atoms with Gasteiger partial charge in [-0.2, -0.15) is 0 Å². The summed E-state index contributed by atoms with van der Waals surface area (Å²) in [5.41, 5.74) is 4.22. The van der Waals surface area contributed by atoms with E-state index in [-0.39, 0.29) is 24.3 Å². The molecule has 4 rings (SSSR count). The maximum atomic E-state index is 12.8. The summed E-state index contributed by atoms with van der Waals surface area (Å²) in [5.74, 6) is 0.268. The third-order valence-electron chi connectivity index (χ3n) is 6.34. The first-order chi connectivity index (χ1) is 17.4. The van der Waals surface area contributed by atoms with Crippen LogP contribution in [0.25, 0.3) is 0 Å². The molecule has 1 fully saturated rings. The summed E-state index contributed by atoms with van der Waals surface area (Å²) in [7, 11) is 0. The van der Waals surface area contributed by atoms with Crippen LogP contribution < -0.4 is 16.0 Å². The molecule has 3 N–H and O–H groups in total. The molecule has 1 heterocycles. The van der Waals surface area contributed by atoms with E-state index in [4.69, 9.17) is 0 Å². The Labute approximate surface area is 211 Å². The lowest BCUT2D eigenvalue weighted by molar-refractivity contribution is -0.114. The Morgan fingerprint density at radius 1 is 0.806 bits per heavy atom. The predicted octanol–water partition coefficient (Wildman–Crippen LogP) is 5.17. The van der Waals surface area contributed by atoms with Crippen molar-refractivity contribution in [2.24, 2.45) is 5.92 Å². The van der Waals surface area contributed by atoms with Crippen molar-refractivity contribution in [1.29, 1.82) is 0 Å². The number of carbonyl (C=O) groups is 3. The molecular weight excluding hydrogens is 452 g/mol. The van der Waals surface area contributed by atoms with E-state index in [9.17, 15) is 14.4 Å². The zero-order valence-corrected chi connectivity index (χ0v) is 20.7. The number of amides is 3. The molecule has 3 aromatic carbocycles. The van der Waals surface area contributed by atoms with Crippen molar-refractivity contribution < 1.29 is 14.4 Å². The third-order valence-corrected chi connectivity index (χ3v) is 6.34. The van der Waals surface area contributed by atoms with Crippen molar-refractivity contribution in [2.75, 3.05) is 35.6 Å². The van der Waals surface area contributed by atoms with E-state index < -0.39 is 0 Å². The highest BCUT2D eigenvalue weighted by Gasteiger charge is 2.21. The fourth-order valence-corrected chi connectivity index (χ4v) is 4.17. The number of carbonyl (C=O) groups excluding carboxylic acids is 3. The summed E-state index contributed by atoms with van der Waals surface area (Å²) in [5, 5.41) is 8.80. The standard InChI is InChI=1S/C29H32N4O3/c1-20-13-15-33(16-14-20)29(36)23-7-4-8-26(18-23)31-27(34)19-30-24-9-11-25(12-10-24)32-28(35)22-6-3-5-21(2)17-22/h3-12,17-18,20,30H,13-16,19H2,1-2H3,(H,31,34)(H,32,35). The fourth-order valence-electron chi connectivity index (χ4n) is 4.17. The molecule has 1 aliphatic rings. The maximum absolute atomic E-state index is 12.8. The molecule has 1 aliphatic heterocycles. The lowest BCUT2D eigenvalue weighted by Crippen LogP contribution is -2.37. The molecule has 0 saturated carbocycles. The van der Waals surface area contributed by atoms with Crippen LogP contribution in [-0.2, 0) is 4.79 Å². The number of hydrogen-bond donors (Lipinski definition) is 3. The highest BCUT2D eigenvalue weighted by Crippen LogP contribution is 2.20. The average Bonchev–Trinajstić information content (AvgIpc) is 2.88. The summed E-state index contributed by atoms with van der Waals surface area (Å²) in [6.07, 6.45) is 2.04. The molecule has 0 spiro atoms. The van der Waals surface area contributed by atoms with Gasteiger partial charge >= 0.3 is 0 Å². The van der Waals surface area contributed by atoms with Gasteiger partial charge in [0.05, 0.1) is 6.54 Å². The van der Waals surface area contributed by atoms with Gasteiger partial charge in [0.2, 0.25) is 5.91 Å². The summed E-state index contributed by atoms with van der Waals surface area (Å²) in [4.78, 5) is 39.6. The monoisotopic (exact) mass is 484 g/mol. The first kappa shape index (κ1) is 25.0. The van der Waals surface area contributed by atoms with Gasteiger partial charge in [-0.3, -0.25) is 14.4 Å². The summed E-state index contributed by atoms with van der Waals surface area (Å²) >= 11 is 0. The minimum absolute atomic E-state index is 0.00528. The van der Waals surface area contributed by atoms with Crippen molar-refractivity contribution in [3.63, 3.8) is 0 Å². The number of anilines is 3. The molecule has 36 heavy (non-hydrogen) atoms. The van der Waals surface area contributed by atoms with E-state index in [1.807, 2.05) is 30.0 Å². The second-order valence-electron chi connectivity index (χ2n) is 9.36. The average molecular weight is 485 g/mol. The molecule has 0 radical (unpaired) electrons. The Hall–Kier alpha value is -4.13. The van der Waals surface area contributed by atoms with Crippen LogP contribution in [0.1, 0.15) is 46.0 Å². The van der Waals surface area contributed by atoms with Crippen molar-refractivity contribution >= 4 is 34.8 Å². The van der Waals surface area contributed by atoms with Gasteiger partial charge in [0.25, 0.3) is 11.8 Å². The molecule has 0 aromatic heterocycles. The van der Waals surface area contributed by atoms with Crippen LogP contribution in [0.3, 0.4) is 0 Å². The van der Waals surface area contributed by atoms with Crippen LogP contribution >= 0.6 is 0 Å². The fraction of sp³-hybridized carbons (Fsp3) is 0.276. The Morgan fingerprint density at radius 2 is 1.47 bits per heavy atom. The van der Waals surface area contributed by atoms with Crippen molar-refractivity contribution in [3.8, 4) is 0 Å². The first-order valence-corrected chi connectivity index (χ1v) is 12.3. The Balaban J connectivity index is 1.27. The molecule has 0 bridgehead atoms. The van der Waals surface area contributed by atoms with Gasteiger partial charge in [0.15, 0.2) is 0 Å². The molecular formula is C29H32N4O3. The molecule has 7 heteroatoms. The number of rotatable bonds is 7. The minimum Gasteiger partial charge on any atom is -0.376 e. The van der Waals surface area contributed by atoms with Crippen LogP contribution in [-0.4, -0.2) is 42.3 Å². The third kappa shape index (κ3) is 6.72. The highest BCUT2D eigenvalue weighted by molar-refractivity contribution is 6.04. The Morgan fingerprint density at radius 3 is 2.19 bits per heavy atom. The largest absolute Gasteiger partial charge is 0.376 e. The van der Waals surface area contributed by atoms with Gasteiger partial charge in [-0.1, -0.05) is 30.7 Å². The van der Waals surface area contributed by atoms with E-state index in [1.165, 1.54) is 0 Å². The van der Waals surface area contributed by atoms with Gasteiger partial charge in [-0.25, -0.2) is 0 Å². The number of nitrogens with one attached hydrogen (secondary N) is 3. The molecule has 1 saturated heterocycles. The predicted molar refractivity (Wildman–Crippen MR) is 143 cm³/mol. The zero-order chi connectivity index (χ0) is 25.5. The second-order valence-corrected chi connectivity index (χ2v) is 9.36. The summed E-state index contributed by atoms with van der Waals surface area (Å²) in [6, 6.07) is 21.7. The topological polar surface area (TPSA) is 90.5 Å². The van der Waals surface area contributed by atoms with Gasteiger partial charge in [-0.15, -0.1) is 0 Å². The Bertz CT molecular complexity index is 1230. The number of hydrogen-bond acceptors (Lipinski definition) is 4. The maximum Gasteiger partial charge on any atom is 0.255 e. The number of aryl methyl sites for hydroxylation is 1. The van der Waals surface area contributed by atoms with Crippen molar-refractivity contribution in [1.82, 2.24) is 4.90 Å². The van der Waals surface area contributed by atoms with Crippen LogP contribution in [0, 0.1) is 12.8 Å². The lowest BCUT2D eigenvalue weighted by atomic mass is 9.98. The molecule has 3 amide bonds. The van der Waals surface area contributed by atoms with Crippen LogP contribution in [0.5, 0.6) is 0 Å². The molecule has 0 unspecified atom stereocenters. The summed E-state index contributed by atoms with van der Waals surface area (Å²) in [6.45, 7) is 5.77. The normalized spacial score (nSPS) is 13.7. The second kappa shape index (κ2) is 11.5. The SMILES string of the molecule is Cc1cccc(C(=O)Nc2ccc(NCC(=O)Nc3cccc(C(=O)N4CCC(C)CC4)c3)cc2)c1.